The van der Waals surface area contributed by atoms with Gasteiger partial charge in [0.15, 0.2) is 11.4 Å². The van der Waals surface area contributed by atoms with Crippen LogP contribution in [-0.4, -0.2) is 30.5 Å². The smallest absolute Gasteiger partial charge is 0.871 e. The Morgan fingerprint density at radius 3 is 1.61 bits per heavy atom. The van der Waals surface area contributed by atoms with Crippen molar-refractivity contribution < 1.29 is 66.8 Å². The summed E-state index contributed by atoms with van der Waals surface area (Å²) in [5, 5.41) is 54.8. The molecule has 0 aliphatic rings. The molecule has 0 bridgehead atoms. The van der Waals surface area contributed by atoms with E-state index in [1.165, 1.54) is 21.5 Å². The van der Waals surface area contributed by atoms with Crippen molar-refractivity contribution >= 4 is 34.4 Å². The first kappa shape index (κ1) is 39.7. The van der Waals surface area contributed by atoms with E-state index in [1.54, 1.807) is 62.4 Å². The summed E-state index contributed by atoms with van der Waals surface area (Å²) in [6, 6.07) is 27.1. The van der Waals surface area contributed by atoms with E-state index in [9.17, 15) is 34.7 Å². The van der Waals surface area contributed by atoms with Crippen molar-refractivity contribution in [2.75, 3.05) is 0 Å². The summed E-state index contributed by atoms with van der Waals surface area (Å²) in [5.41, 5.74) is 1.16. The van der Waals surface area contributed by atoms with Gasteiger partial charge in [0.05, 0.1) is 45.0 Å². The Morgan fingerprint density at radius 1 is 0.686 bits per heavy atom. The first-order chi connectivity index (χ1) is 23.5. The topological polar surface area (TPSA) is 231 Å². The summed E-state index contributed by atoms with van der Waals surface area (Å²) >= 11 is 0. The number of aromatic amines is 2. The second-order valence-corrected chi connectivity index (χ2v) is 10.2. The van der Waals surface area contributed by atoms with Gasteiger partial charge in [0, 0.05) is 17.7 Å². The molecule has 2 N–H and O–H groups in total. The van der Waals surface area contributed by atoms with Gasteiger partial charge in [-0.15, -0.1) is 15.3 Å². The Labute approximate surface area is 321 Å². The number of nitro benzene ring substituents is 1. The number of nitrogens with zero attached hydrogens (tertiary/aromatic N) is 7. The van der Waals surface area contributed by atoms with Gasteiger partial charge in [0.1, 0.15) is 0 Å². The zero-order chi connectivity index (χ0) is 35.1. The van der Waals surface area contributed by atoms with E-state index in [1.807, 2.05) is 24.3 Å². The molecule has 6 aromatic rings. The second-order valence-electron chi connectivity index (χ2n) is 10.2. The minimum atomic E-state index is -1.35. The van der Waals surface area contributed by atoms with E-state index in [-0.39, 0.29) is 86.5 Å². The maximum Gasteiger partial charge on any atom is 3.00 e. The first-order valence-electron chi connectivity index (χ1n) is 14.4. The summed E-state index contributed by atoms with van der Waals surface area (Å²) in [4.78, 5) is 46.2. The molecule has 0 spiro atoms. The van der Waals surface area contributed by atoms with Crippen molar-refractivity contribution in [3.05, 3.63) is 151 Å². The minimum absolute atomic E-state index is 0. The Kier molecular flexibility index (Phi) is 13.9. The Balaban J connectivity index is 0.000000265. The van der Waals surface area contributed by atoms with E-state index in [0.717, 1.165) is 18.2 Å². The molecule has 249 valence electrons. The van der Waals surface area contributed by atoms with Crippen LogP contribution >= 0.6 is 0 Å². The molecule has 16 nitrogen and oxygen atoms in total. The number of rotatable bonds is 8. The van der Waals surface area contributed by atoms with Crippen LogP contribution in [0.15, 0.2) is 133 Å². The van der Waals surface area contributed by atoms with Crippen molar-refractivity contribution in [1.29, 1.82) is 0 Å². The molecule has 4 aromatic carbocycles. The number of aromatic carboxylic acids is 1. The third-order valence-corrected chi connectivity index (χ3v) is 6.90. The summed E-state index contributed by atoms with van der Waals surface area (Å²) in [5.74, 6) is -1.87. The molecular weight excluding hydrogens is 709 g/mol. The van der Waals surface area contributed by atoms with Crippen LogP contribution in [0.1, 0.15) is 21.7 Å². The largest absolute Gasteiger partial charge is 3.00 e. The third-order valence-electron chi connectivity index (χ3n) is 6.90. The molecule has 18 heteroatoms. The molecule has 2 heterocycles. The number of carbonyl (C=O) groups is 1. The molecule has 0 aliphatic heterocycles. The van der Waals surface area contributed by atoms with Gasteiger partial charge in [-0.05, 0) is 44.2 Å². The van der Waals surface area contributed by atoms with Crippen LogP contribution in [0.25, 0.3) is 11.4 Å². The van der Waals surface area contributed by atoms with Crippen LogP contribution in [0.5, 0.6) is 5.75 Å². The molecule has 0 saturated heterocycles. The Bertz CT molecular complexity index is 2330. The monoisotopic (exact) mass is 734 g/mol. The Morgan fingerprint density at radius 2 is 1.14 bits per heavy atom. The maximum atomic E-state index is 12.5. The quantitative estimate of drug-likeness (QED) is 0.102. The van der Waals surface area contributed by atoms with Gasteiger partial charge in [-0.3, -0.25) is 29.9 Å². The number of hydrogen-bond donors (Lipinski definition) is 2. The number of azo groups is 2. The van der Waals surface area contributed by atoms with E-state index < -0.39 is 22.2 Å². The predicted molar refractivity (Wildman–Crippen MR) is 174 cm³/mol. The number of nitro groups is 1. The number of non-ortho nitro benzene ring substituents is 1. The number of para-hydroxylation sites is 2. The number of aryl methyl sites for hydroxylation is 2. The van der Waals surface area contributed by atoms with Gasteiger partial charge >= 0.3 is 46.9 Å². The summed E-state index contributed by atoms with van der Waals surface area (Å²) in [7, 11) is 0. The fourth-order valence-corrected chi connectivity index (χ4v) is 4.47. The number of hydrogen-bond acceptors (Lipinski definition) is 11. The predicted octanol–water partition coefficient (Wildman–Crippen LogP) is 2.13. The molecule has 0 amide bonds. The number of nitrogens with one attached hydrogen (secondary N) is 2. The van der Waals surface area contributed by atoms with Gasteiger partial charge < -0.3 is 15.0 Å². The van der Waals surface area contributed by atoms with Crippen molar-refractivity contribution in [2.45, 2.75) is 13.8 Å². The Hall–Kier alpha value is -5.70. The van der Waals surface area contributed by atoms with Gasteiger partial charge in [-0.25, -0.2) is 9.36 Å². The number of aromatic nitrogens is 4. The number of carboxylic acids is 1. The van der Waals surface area contributed by atoms with E-state index in [2.05, 4.69) is 30.7 Å². The zero-order valence-electron chi connectivity index (χ0n) is 27.2. The molecule has 0 unspecified atom stereocenters. The van der Waals surface area contributed by atoms with Gasteiger partial charge in [0.25, 0.3) is 16.8 Å². The number of carboxylic acid groups (broad SMARTS) is 1. The third kappa shape index (κ3) is 9.31. The maximum absolute atomic E-state index is 12.5. The molecule has 0 saturated carbocycles. The SMILES string of the molecule is Cc1[nH]n(-c2ccccc2)c(=O)c1N=Nc1cc([N+](=O)[O-])ccc1[O-].Cc1[nH]n(-c2ccccc2)c(=O)c1N=Nc1ccccc1C(=O)[O-].[Cr+3].[Na+]. The zero-order valence-corrected chi connectivity index (χ0v) is 30.5. The average molecular weight is 735 g/mol. The summed E-state index contributed by atoms with van der Waals surface area (Å²) in [6.07, 6.45) is 0. The number of benzene rings is 4. The van der Waals surface area contributed by atoms with E-state index >= 15 is 0 Å². The van der Waals surface area contributed by atoms with Crippen LogP contribution < -0.4 is 50.9 Å². The van der Waals surface area contributed by atoms with Gasteiger partial charge in [-0.1, -0.05) is 66.4 Å². The fraction of sp³-hybridized carbons (Fsp3) is 0.0606. The number of H-pyrrole nitrogens is 2. The van der Waals surface area contributed by atoms with Crippen molar-refractivity contribution in [3.63, 3.8) is 0 Å². The normalized spacial score (nSPS) is 10.6. The molecule has 2 aromatic heterocycles. The van der Waals surface area contributed by atoms with Crippen LogP contribution in [0.4, 0.5) is 28.4 Å². The van der Waals surface area contributed by atoms with Gasteiger partial charge in [-0.2, -0.15) is 5.11 Å². The molecule has 0 atom stereocenters. The molecule has 6 rings (SSSR count). The molecule has 51 heavy (non-hydrogen) atoms. The summed E-state index contributed by atoms with van der Waals surface area (Å²) in [6.45, 7) is 3.33. The second kappa shape index (κ2) is 17.8. The van der Waals surface area contributed by atoms with Gasteiger partial charge in [0.2, 0.25) is 0 Å². The molecule has 0 aliphatic carbocycles. The van der Waals surface area contributed by atoms with E-state index in [0.29, 0.717) is 22.8 Å². The standard InChI is InChI=1S/C17H14N4O3.C16H13N5O4.Cr.Na/c1-11-15(16(22)21(20-11)12-7-3-2-4-8-12)19-18-14-10-6-5-9-13(14)17(23)24;1-10-15(16(23)20(19-10)11-5-3-2-4-6-11)18-17-13-9-12(21(24)25)7-8-14(13)22;;/h2-10,20H,1H3,(H,23,24);2-9,19,22H,1H3;;/q;;+3;+1/p-2. The van der Waals surface area contributed by atoms with Crippen LogP contribution in [0.3, 0.4) is 0 Å². The average Bonchev–Trinajstić information content (AvgIpc) is 3.56. The minimum Gasteiger partial charge on any atom is -0.871 e. The van der Waals surface area contributed by atoms with Crippen LogP contribution in [0.2, 0.25) is 0 Å². The van der Waals surface area contributed by atoms with Crippen molar-refractivity contribution in [1.82, 2.24) is 19.6 Å². The van der Waals surface area contributed by atoms with Crippen LogP contribution in [-0.2, 0) is 17.4 Å². The van der Waals surface area contributed by atoms with Crippen molar-refractivity contribution in [3.8, 4) is 17.1 Å². The van der Waals surface area contributed by atoms with Crippen molar-refractivity contribution in [2.24, 2.45) is 20.5 Å². The fourth-order valence-electron chi connectivity index (χ4n) is 4.47. The first-order valence-corrected chi connectivity index (χ1v) is 14.4. The molecule has 0 fully saturated rings. The summed E-state index contributed by atoms with van der Waals surface area (Å²) < 4.78 is 2.66. The molecular formula is C33H25CrN9NaO7+2. The van der Waals surface area contributed by atoms with Crippen LogP contribution in [0, 0.1) is 24.0 Å². The van der Waals surface area contributed by atoms with E-state index in [4.69, 9.17) is 0 Å². The number of carbonyl (C=O) groups excluding carboxylic acids is 1. The molecule has 1 radical (unpaired) electrons.